The summed E-state index contributed by atoms with van der Waals surface area (Å²) < 4.78 is 5.35. The Bertz CT molecular complexity index is 523. The van der Waals surface area contributed by atoms with Crippen molar-refractivity contribution >= 4 is 11.4 Å². The van der Waals surface area contributed by atoms with Crippen LogP contribution in [0.4, 0.5) is 0 Å². The molecule has 0 fully saturated rings. The van der Waals surface area contributed by atoms with Gasteiger partial charge in [-0.1, -0.05) is 6.08 Å². The molecule has 3 nitrogen and oxygen atoms in total. The van der Waals surface area contributed by atoms with E-state index in [-0.39, 0.29) is 11.4 Å². The minimum Gasteiger partial charge on any atom is -0.423 e. The third-order valence-electron chi connectivity index (χ3n) is 3.24. The summed E-state index contributed by atoms with van der Waals surface area (Å²) in [7, 11) is 0. The Morgan fingerprint density at radius 3 is 2.83 bits per heavy atom. The molecular formula is C15H18O3. The maximum absolute atomic E-state index is 11.4. The van der Waals surface area contributed by atoms with Crippen LogP contribution in [-0.4, -0.2) is 5.78 Å². The van der Waals surface area contributed by atoms with Crippen molar-refractivity contribution in [2.45, 2.75) is 45.4 Å². The Balaban J connectivity index is 2.31. The molecule has 18 heavy (non-hydrogen) atoms. The number of aryl methyl sites for hydroxylation is 1. The van der Waals surface area contributed by atoms with Gasteiger partial charge in [-0.25, -0.2) is 4.79 Å². The van der Waals surface area contributed by atoms with Gasteiger partial charge in [-0.3, -0.25) is 0 Å². The van der Waals surface area contributed by atoms with E-state index in [1.165, 1.54) is 12.5 Å². The van der Waals surface area contributed by atoms with Crippen LogP contribution in [0.25, 0.3) is 5.57 Å². The molecule has 1 aromatic rings. The lowest BCUT2D eigenvalue weighted by Crippen LogP contribution is -2.06. The summed E-state index contributed by atoms with van der Waals surface area (Å²) in [6.45, 7) is 1.58. The Morgan fingerprint density at radius 1 is 1.33 bits per heavy atom. The van der Waals surface area contributed by atoms with Gasteiger partial charge in [0.15, 0.2) is 0 Å². The van der Waals surface area contributed by atoms with Crippen molar-refractivity contribution in [3.8, 4) is 0 Å². The maximum atomic E-state index is 11.4. The minimum atomic E-state index is -0.317. The predicted octanol–water partition coefficient (Wildman–Crippen LogP) is 3.12. The number of Topliss-reactive ketones (excluding diaryl/α,β-unsaturated/α-hetero) is 1. The van der Waals surface area contributed by atoms with Crippen molar-refractivity contribution in [2.75, 3.05) is 0 Å². The summed E-state index contributed by atoms with van der Waals surface area (Å²) in [6.07, 6.45) is 7.62. The van der Waals surface area contributed by atoms with Gasteiger partial charge in [0.25, 0.3) is 0 Å². The minimum absolute atomic E-state index is 0.157. The van der Waals surface area contributed by atoms with Gasteiger partial charge in [0.1, 0.15) is 11.5 Å². The number of hydrogen-bond acceptors (Lipinski definition) is 3. The van der Waals surface area contributed by atoms with E-state index in [1.54, 1.807) is 13.0 Å². The monoisotopic (exact) mass is 246 g/mol. The summed E-state index contributed by atoms with van der Waals surface area (Å²) >= 11 is 0. The van der Waals surface area contributed by atoms with E-state index in [0.717, 1.165) is 30.4 Å². The molecule has 0 spiro atoms. The molecule has 2 rings (SSSR count). The third-order valence-corrected chi connectivity index (χ3v) is 3.24. The molecule has 3 heteroatoms. The van der Waals surface area contributed by atoms with E-state index >= 15 is 0 Å². The summed E-state index contributed by atoms with van der Waals surface area (Å²) in [5.41, 5.74) is 1.78. The fourth-order valence-corrected chi connectivity index (χ4v) is 2.27. The number of rotatable bonds is 4. The Labute approximate surface area is 107 Å². The second-order valence-corrected chi connectivity index (χ2v) is 4.79. The molecular weight excluding hydrogens is 228 g/mol. The van der Waals surface area contributed by atoms with Gasteiger partial charge in [-0.05, 0) is 56.2 Å². The standard InChI is InChI=1S/C15H18O3/c1-11(16)7-8-13-9-10-14(17)18-15(13)12-5-3-2-4-6-12/h5,9-10H,2-4,6-8H2,1H3. The summed E-state index contributed by atoms with van der Waals surface area (Å²) in [6, 6.07) is 3.22. The molecule has 0 amide bonds. The topological polar surface area (TPSA) is 47.3 Å². The third kappa shape index (κ3) is 3.19. The fourth-order valence-electron chi connectivity index (χ4n) is 2.27. The van der Waals surface area contributed by atoms with Crippen molar-refractivity contribution in [2.24, 2.45) is 0 Å². The summed E-state index contributed by atoms with van der Waals surface area (Å²) in [5.74, 6) is 0.855. The van der Waals surface area contributed by atoms with Gasteiger partial charge in [0.2, 0.25) is 0 Å². The van der Waals surface area contributed by atoms with Gasteiger partial charge < -0.3 is 9.21 Å². The molecule has 0 radical (unpaired) electrons. The number of allylic oxidation sites excluding steroid dienone is 2. The van der Waals surface area contributed by atoms with Crippen LogP contribution in [0.3, 0.4) is 0 Å². The zero-order valence-electron chi connectivity index (χ0n) is 10.7. The van der Waals surface area contributed by atoms with Crippen molar-refractivity contribution in [1.29, 1.82) is 0 Å². The van der Waals surface area contributed by atoms with Crippen molar-refractivity contribution in [1.82, 2.24) is 0 Å². The number of hydrogen-bond donors (Lipinski definition) is 0. The van der Waals surface area contributed by atoms with E-state index in [0.29, 0.717) is 18.6 Å². The first kappa shape index (κ1) is 12.8. The van der Waals surface area contributed by atoms with E-state index < -0.39 is 0 Å². The van der Waals surface area contributed by atoms with Crippen LogP contribution in [0.5, 0.6) is 0 Å². The maximum Gasteiger partial charge on any atom is 0.336 e. The van der Waals surface area contributed by atoms with E-state index in [9.17, 15) is 9.59 Å². The van der Waals surface area contributed by atoms with Gasteiger partial charge in [0, 0.05) is 12.5 Å². The molecule has 0 unspecified atom stereocenters. The largest absolute Gasteiger partial charge is 0.423 e. The van der Waals surface area contributed by atoms with Crippen LogP contribution in [0.1, 0.15) is 50.4 Å². The second-order valence-electron chi connectivity index (χ2n) is 4.79. The van der Waals surface area contributed by atoms with Gasteiger partial charge in [-0.15, -0.1) is 0 Å². The highest BCUT2D eigenvalue weighted by Gasteiger charge is 2.14. The Hall–Kier alpha value is -1.64. The average Bonchev–Trinajstić information content (AvgIpc) is 2.38. The SMILES string of the molecule is CC(=O)CCc1ccc(=O)oc1C1=CCCCC1. The molecule has 0 atom stereocenters. The van der Waals surface area contributed by atoms with Crippen molar-refractivity contribution in [3.63, 3.8) is 0 Å². The Morgan fingerprint density at radius 2 is 2.17 bits per heavy atom. The summed E-state index contributed by atoms with van der Waals surface area (Å²) in [4.78, 5) is 22.4. The molecule has 0 saturated heterocycles. The fraction of sp³-hybridized carbons (Fsp3) is 0.467. The number of ketones is 1. The van der Waals surface area contributed by atoms with Crippen LogP contribution in [0.15, 0.2) is 27.4 Å². The van der Waals surface area contributed by atoms with Crippen molar-refractivity contribution < 1.29 is 9.21 Å². The van der Waals surface area contributed by atoms with Crippen LogP contribution >= 0.6 is 0 Å². The molecule has 0 N–H and O–H groups in total. The molecule has 0 bridgehead atoms. The molecule has 0 aromatic carbocycles. The smallest absolute Gasteiger partial charge is 0.336 e. The highest BCUT2D eigenvalue weighted by molar-refractivity contribution is 5.76. The molecule has 1 aliphatic carbocycles. The Kier molecular flexibility index (Phi) is 4.13. The first-order chi connectivity index (χ1) is 8.66. The average molecular weight is 246 g/mol. The lowest BCUT2D eigenvalue weighted by molar-refractivity contribution is -0.116. The normalized spacial score (nSPS) is 15.3. The molecule has 96 valence electrons. The van der Waals surface area contributed by atoms with Gasteiger partial charge in [-0.2, -0.15) is 0 Å². The van der Waals surface area contributed by atoms with E-state index in [2.05, 4.69) is 6.08 Å². The van der Waals surface area contributed by atoms with Crippen molar-refractivity contribution in [3.05, 3.63) is 40.0 Å². The van der Waals surface area contributed by atoms with E-state index in [4.69, 9.17) is 4.42 Å². The second kappa shape index (κ2) is 5.80. The zero-order valence-corrected chi connectivity index (χ0v) is 10.7. The highest BCUT2D eigenvalue weighted by Crippen LogP contribution is 2.28. The van der Waals surface area contributed by atoms with Gasteiger partial charge >= 0.3 is 5.63 Å². The molecule has 0 saturated carbocycles. The van der Waals surface area contributed by atoms with Crippen LogP contribution in [0.2, 0.25) is 0 Å². The zero-order chi connectivity index (χ0) is 13.0. The lowest BCUT2D eigenvalue weighted by atomic mass is 9.94. The van der Waals surface area contributed by atoms with Crippen LogP contribution in [0, 0.1) is 0 Å². The summed E-state index contributed by atoms with van der Waals surface area (Å²) in [5, 5.41) is 0. The lowest BCUT2D eigenvalue weighted by Gasteiger charge is -2.14. The van der Waals surface area contributed by atoms with Crippen LogP contribution in [-0.2, 0) is 11.2 Å². The molecule has 1 heterocycles. The number of carbonyl (C=O) groups is 1. The highest BCUT2D eigenvalue weighted by atomic mass is 16.4. The quantitative estimate of drug-likeness (QED) is 0.820. The molecule has 1 aromatic heterocycles. The predicted molar refractivity (Wildman–Crippen MR) is 70.4 cm³/mol. The number of carbonyl (C=O) groups excluding carboxylic acids is 1. The van der Waals surface area contributed by atoms with Crippen LogP contribution < -0.4 is 5.63 Å². The molecule has 1 aliphatic rings. The van der Waals surface area contributed by atoms with Gasteiger partial charge in [0.05, 0.1) is 0 Å². The first-order valence-electron chi connectivity index (χ1n) is 6.48. The molecule has 0 aliphatic heterocycles. The van der Waals surface area contributed by atoms with E-state index in [1.807, 2.05) is 0 Å². The first-order valence-corrected chi connectivity index (χ1v) is 6.48.